The van der Waals surface area contributed by atoms with Gasteiger partial charge in [0, 0.05) is 41.0 Å². The molecule has 188 valence electrons. The second-order valence-electron chi connectivity index (χ2n) is 10.9. The van der Waals surface area contributed by atoms with Crippen LogP contribution in [0, 0.1) is 13.8 Å². The molecule has 0 saturated carbocycles. The molecule has 2 heterocycles. The van der Waals surface area contributed by atoms with E-state index in [4.69, 9.17) is 9.47 Å². The Hall–Kier alpha value is -3.92. The van der Waals surface area contributed by atoms with Crippen LogP contribution in [0.4, 0.5) is 11.4 Å². The van der Waals surface area contributed by atoms with Gasteiger partial charge in [0.2, 0.25) is 0 Å². The molecule has 2 aliphatic heterocycles. The largest absolute Gasteiger partial charge is 0.473 e. The highest BCUT2D eigenvalue weighted by atomic mass is 16.5. The highest BCUT2D eigenvalue weighted by molar-refractivity contribution is 5.55. The molecule has 4 aromatic carbocycles. The first-order valence-electron chi connectivity index (χ1n) is 13.0. The molecule has 2 aliphatic rings. The van der Waals surface area contributed by atoms with E-state index >= 15 is 0 Å². The average Bonchev–Trinajstić information content (AvgIpc) is 2.91. The zero-order valence-corrected chi connectivity index (χ0v) is 22.1. The minimum absolute atomic E-state index is 0.165. The molecule has 0 radical (unpaired) electrons. The van der Waals surface area contributed by atoms with Crippen LogP contribution in [0.2, 0.25) is 0 Å². The lowest BCUT2D eigenvalue weighted by Crippen LogP contribution is -2.33. The number of fused-ring (bicyclic) bond motifs is 2. The molecule has 0 bridgehead atoms. The van der Waals surface area contributed by atoms with Gasteiger partial charge in [-0.25, -0.2) is 0 Å². The monoisotopic (exact) mass is 490 g/mol. The summed E-state index contributed by atoms with van der Waals surface area (Å²) >= 11 is 0. The van der Waals surface area contributed by atoms with E-state index in [-0.39, 0.29) is 5.41 Å². The standard InChI is InChI=1S/C33H34N2O2/c1-23-7-5-9-29(15-23)34-19-25-17-27(11-13-31(25)36-21-34)33(3,4)28-12-14-32-26(18-28)20-35(22-37-32)30-10-6-8-24(2)16-30/h5-18H,19-22H2,1-4H3. The molecule has 0 spiro atoms. The smallest absolute Gasteiger partial charge is 0.161 e. The van der Waals surface area contributed by atoms with Crippen molar-refractivity contribution in [3.63, 3.8) is 0 Å². The molecule has 0 unspecified atom stereocenters. The summed E-state index contributed by atoms with van der Waals surface area (Å²) in [4.78, 5) is 4.59. The van der Waals surface area contributed by atoms with Crippen molar-refractivity contribution in [1.29, 1.82) is 0 Å². The second-order valence-corrected chi connectivity index (χ2v) is 10.9. The number of nitrogens with zero attached hydrogens (tertiary/aromatic N) is 2. The quantitative estimate of drug-likeness (QED) is 0.299. The number of anilines is 2. The Morgan fingerprint density at radius 3 is 1.49 bits per heavy atom. The van der Waals surface area contributed by atoms with Gasteiger partial charge in [-0.1, -0.05) is 50.2 Å². The molecule has 6 rings (SSSR count). The minimum atomic E-state index is -0.165. The van der Waals surface area contributed by atoms with Crippen molar-refractivity contribution in [2.75, 3.05) is 23.3 Å². The zero-order chi connectivity index (χ0) is 25.6. The predicted octanol–water partition coefficient (Wildman–Crippen LogP) is 7.34. The third-order valence-corrected chi connectivity index (χ3v) is 7.77. The summed E-state index contributed by atoms with van der Waals surface area (Å²) in [5.74, 6) is 1.96. The maximum Gasteiger partial charge on any atom is 0.161 e. The van der Waals surface area contributed by atoms with E-state index in [1.165, 1.54) is 44.8 Å². The van der Waals surface area contributed by atoms with Crippen LogP contribution in [0.3, 0.4) is 0 Å². The number of ether oxygens (including phenoxy) is 2. The fourth-order valence-corrected chi connectivity index (χ4v) is 5.41. The van der Waals surface area contributed by atoms with Gasteiger partial charge < -0.3 is 19.3 Å². The van der Waals surface area contributed by atoms with E-state index in [2.05, 4.69) is 122 Å². The van der Waals surface area contributed by atoms with Gasteiger partial charge >= 0.3 is 0 Å². The molecule has 0 saturated heterocycles. The van der Waals surface area contributed by atoms with Crippen molar-refractivity contribution in [2.24, 2.45) is 0 Å². The molecule has 0 atom stereocenters. The lowest BCUT2D eigenvalue weighted by atomic mass is 9.77. The number of hydrogen-bond acceptors (Lipinski definition) is 4. The van der Waals surface area contributed by atoms with Crippen molar-refractivity contribution in [3.8, 4) is 11.5 Å². The van der Waals surface area contributed by atoms with Gasteiger partial charge in [-0.2, -0.15) is 0 Å². The van der Waals surface area contributed by atoms with Crippen LogP contribution in [0.25, 0.3) is 0 Å². The topological polar surface area (TPSA) is 24.9 Å². The Balaban J connectivity index is 1.27. The molecular formula is C33H34N2O2. The molecule has 4 nitrogen and oxygen atoms in total. The van der Waals surface area contributed by atoms with Crippen LogP contribution in [0.1, 0.15) is 47.2 Å². The first-order chi connectivity index (χ1) is 17.9. The Labute approximate surface area is 220 Å². The molecule has 0 N–H and O–H groups in total. The average molecular weight is 491 g/mol. The van der Waals surface area contributed by atoms with Gasteiger partial charge in [0.05, 0.1) is 0 Å². The number of benzene rings is 4. The summed E-state index contributed by atoms with van der Waals surface area (Å²) in [6, 6.07) is 30.6. The fourth-order valence-electron chi connectivity index (χ4n) is 5.41. The Bertz CT molecular complexity index is 1350. The van der Waals surface area contributed by atoms with E-state index in [0.717, 1.165) is 24.6 Å². The second kappa shape index (κ2) is 9.19. The van der Waals surface area contributed by atoms with E-state index < -0.39 is 0 Å². The Morgan fingerprint density at radius 2 is 1.05 bits per heavy atom. The van der Waals surface area contributed by atoms with Crippen molar-refractivity contribution in [2.45, 2.75) is 46.2 Å². The Kier molecular flexibility index (Phi) is 5.83. The predicted molar refractivity (Wildman–Crippen MR) is 151 cm³/mol. The SMILES string of the molecule is Cc1cccc(N2COc3ccc(C(C)(C)c4ccc5c(c4)CN(c4cccc(C)c4)CO5)cc3C2)c1. The molecule has 0 aromatic heterocycles. The minimum Gasteiger partial charge on any atom is -0.473 e. The molecule has 0 fully saturated rings. The van der Waals surface area contributed by atoms with Crippen LogP contribution >= 0.6 is 0 Å². The first-order valence-corrected chi connectivity index (χ1v) is 13.0. The fraction of sp³-hybridized carbons (Fsp3) is 0.273. The normalized spacial score (nSPS) is 14.9. The number of rotatable bonds is 4. The number of hydrogen-bond donors (Lipinski definition) is 0. The summed E-state index contributed by atoms with van der Waals surface area (Å²) in [6.45, 7) is 11.7. The summed E-state index contributed by atoms with van der Waals surface area (Å²) in [6.07, 6.45) is 0. The molecule has 4 heteroatoms. The highest BCUT2D eigenvalue weighted by Gasteiger charge is 2.28. The van der Waals surface area contributed by atoms with Gasteiger partial charge in [-0.15, -0.1) is 0 Å². The van der Waals surface area contributed by atoms with E-state index in [1.54, 1.807) is 0 Å². The van der Waals surface area contributed by atoms with Gasteiger partial charge in [0.15, 0.2) is 13.5 Å². The first kappa shape index (κ1) is 23.5. The van der Waals surface area contributed by atoms with Gasteiger partial charge in [0.1, 0.15) is 11.5 Å². The molecular weight excluding hydrogens is 456 g/mol. The van der Waals surface area contributed by atoms with Crippen LogP contribution in [-0.4, -0.2) is 13.5 Å². The van der Waals surface area contributed by atoms with Gasteiger partial charge in [-0.3, -0.25) is 0 Å². The van der Waals surface area contributed by atoms with Gasteiger partial charge in [0.25, 0.3) is 0 Å². The molecule has 0 amide bonds. The van der Waals surface area contributed by atoms with E-state index in [1.807, 2.05) is 0 Å². The number of aryl methyl sites for hydroxylation is 2. The summed E-state index contributed by atoms with van der Waals surface area (Å²) in [5.41, 5.74) is 9.77. The van der Waals surface area contributed by atoms with E-state index in [9.17, 15) is 0 Å². The van der Waals surface area contributed by atoms with Crippen LogP contribution in [0.15, 0.2) is 84.9 Å². The van der Waals surface area contributed by atoms with Gasteiger partial charge in [-0.05, 0) is 84.6 Å². The van der Waals surface area contributed by atoms with Crippen LogP contribution in [0.5, 0.6) is 11.5 Å². The van der Waals surface area contributed by atoms with Crippen molar-refractivity contribution in [3.05, 3.63) is 118 Å². The van der Waals surface area contributed by atoms with Crippen LogP contribution < -0.4 is 19.3 Å². The van der Waals surface area contributed by atoms with Crippen LogP contribution in [-0.2, 0) is 18.5 Å². The maximum absolute atomic E-state index is 6.14. The third kappa shape index (κ3) is 4.53. The lowest BCUT2D eigenvalue weighted by molar-refractivity contribution is 0.288. The Morgan fingerprint density at radius 1 is 0.595 bits per heavy atom. The summed E-state index contributed by atoms with van der Waals surface area (Å²) in [7, 11) is 0. The lowest BCUT2D eigenvalue weighted by Gasteiger charge is -2.34. The highest BCUT2D eigenvalue weighted by Crippen LogP contribution is 2.39. The van der Waals surface area contributed by atoms with E-state index in [0.29, 0.717) is 13.5 Å². The van der Waals surface area contributed by atoms with Crippen molar-refractivity contribution in [1.82, 2.24) is 0 Å². The summed E-state index contributed by atoms with van der Waals surface area (Å²) < 4.78 is 12.3. The van der Waals surface area contributed by atoms with Crippen molar-refractivity contribution < 1.29 is 9.47 Å². The molecule has 37 heavy (non-hydrogen) atoms. The molecule has 0 aliphatic carbocycles. The zero-order valence-electron chi connectivity index (χ0n) is 22.1. The third-order valence-electron chi connectivity index (χ3n) is 7.77. The molecule has 4 aromatic rings. The summed E-state index contributed by atoms with van der Waals surface area (Å²) in [5, 5.41) is 0. The maximum atomic E-state index is 6.14. The van der Waals surface area contributed by atoms with Crippen molar-refractivity contribution >= 4 is 11.4 Å².